The van der Waals surface area contributed by atoms with E-state index in [9.17, 15) is 18.0 Å². The smallest absolute Gasteiger partial charge is 0.270 e. The molecule has 0 unspecified atom stereocenters. The Labute approximate surface area is 201 Å². The number of hydrogen-bond donors (Lipinski definition) is 1. The second-order valence-electron chi connectivity index (χ2n) is 9.17. The highest BCUT2D eigenvalue weighted by atomic mass is 32.2. The number of nitrogens with one attached hydrogen (secondary N) is 1. The van der Waals surface area contributed by atoms with Crippen LogP contribution in [0.4, 0.5) is 0 Å². The van der Waals surface area contributed by atoms with Gasteiger partial charge in [0.1, 0.15) is 10.6 Å². The zero-order valence-electron chi connectivity index (χ0n) is 19.7. The van der Waals surface area contributed by atoms with Gasteiger partial charge in [0.05, 0.1) is 6.54 Å². The van der Waals surface area contributed by atoms with Crippen LogP contribution in [0.2, 0.25) is 0 Å². The SMILES string of the molecule is CC1CCN(C(=O)c2cc(S(=O)(=O)N(C)CC(=O)N3CC=C(c4ccccc4)CC3)c[nH]2)CC1. The Hall–Kier alpha value is -2.91. The van der Waals surface area contributed by atoms with E-state index in [4.69, 9.17) is 0 Å². The molecule has 0 aliphatic carbocycles. The number of benzene rings is 1. The van der Waals surface area contributed by atoms with Gasteiger partial charge >= 0.3 is 0 Å². The Kier molecular flexibility index (Phi) is 7.23. The highest BCUT2D eigenvalue weighted by Crippen LogP contribution is 2.23. The van der Waals surface area contributed by atoms with Crippen molar-refractivity contribution in [3.8, 4) is 0 Å². The minimum atomic E-state index is -3.91. The number of rotatable bonds is 6. The molecule has 0 saturated carbocycles. The average Bonchev–Trinajstić information content (AvgIpc) is 3.36. The molecule has 1 saturated heterocycles. The Morgan fingerprint density at radius 3 is 2.44 bits per heavy atom. The van der Waals surface area contributed by atoms with Gasteiger partial charge in [-0.25, -0.2) is 8.42 Å². The van der Waals surface area contributed by atoms with E-state index in [1.807, 2.05) is 36.4 Å². The predicted octanol–water partition coefficient (Wildman–Crippen LogP) is 2.82. The summed E-state index contributed by atoms with van der Waals surface area (Å²) in [6.07, 6.45) is 5.97. The molecule has 9 heteroatoms. The minimum Gasteiger partial charge on any atom is -0.356 e. The van der Waals surface area contributed by atoms with Gasteiger partial charge in [-0.2, -0.15) is 4.31 Å². The van der Waals surface area contributed by atoms with Gasteiger partial charge in [-0.15, -0.1) is 0 Å². The fraction of sp³-hybridized carbons (Fsp3) is 0.440. The summed E-state index contributed by atoms with van der Waals surface area (Å²) in [6, 6.07) is 11.4. The van der Waals surface area contributed by atoms with Gasteiger partial charge in [0, 0.05) is 39.4 Å². The summed E-state index contributed by atoms with van der Waals surface area (Å²) in [5.74, 6) is 0.153. The van der Waals surface area contributed by atoms with Gasteiger partial charge in [-0.1, -0.05) is 43.3 Å². The van der Waals surface area contributed by atoms with E-state index in [2.05, 4.69) is 11.9 Å². The number of amides is 2. The van der Waals surface area contributed by atoms with E-state index in [1.54, 1.807) is 9.80 Å². The molecule has 3 heterocycles. The van der Waals surface area contributed by atoms with Crippen LogP contribution in [0.1, 0.15) is 42.2 Å². The molecule has 2 amide bonds. The highest BCUT2D eigenvalue weighted by molar-refractivity contribution is 7.89. The van der Waals surface area contributed by atoms with E-state index in [0.717, 1.165) is 29.1 Å². The molecular weight excluding hydrogens is 452 g/mol. The molecule has 0 radical (unpaired) electrons. The first-order valence-electron chi connectivity index (χ1n) is 11.7. The van der Waals surface area contributed by atoms with Crippen LogP contribution in [0.5, 0.6) is 0 Å². The van der Waals surface area contributed by atoms with E-state index in [0.29, 0.717) is 32.1 Å². The largest absolute Gasteiger partial charge is 0.356 e. The van der Waals surface area contributed by atoms with Gasteiger partial charge in [-0.05, 0) is 42.4 Å². The van der Waals surface area contributed by atoms with Crippen molar-refractivity contribution in [2.24, 2.45) is 5.92 Å². The monoisotopic (exact) mass is 484 g/mol. The van der Waals surface area contributed by atoms with Crippen molar-refractivity contribution in [1.29, 1.82) is 0 Å². The van der Waals surface area contributed by atoms with Crippen molar-refractivity contribution in [1.82, 2.24) is 19.1 Å². The molecular formula is C25H32N4O4S. The van der Waals surface area contributed by atoms with Crippen molar-refractivity contribution < 1.29 is 18.0 Å². The summed E-state index contributed by atoms with van der Waals surface area (Å²) in [4.78, 5) is 31.8. The lowest BCUT2D eigenvalue weighted by atomic mass is 9.99. The van der Waals surface area contributed by atoms with Crippen molar-refractivity contribution in [2.45, 2.75) is 31.1 Å². The standard InChI is InChI=1S/C25H32N4O4S/c1-19-8-12-29(13-9-19)25(31)23-16-22(17-26-23)34(32,33)27(2)18-24(30)28-14-10-21(11-15-28)20-6-4-3-5-7-20/h3-7,10,16-17,19,26H,8-9,11-15,18H2,1-2H3. The second-order valence-corrected chi connectivity index (χ2v) is 11.2. The number of likely N-dealkylation sites (tertiary alicyclic amines) is 1. The maximum Gasteiger partial charge on any atom is 0.270 e. The van der Waals surface area contributed by atoms with Crippen LogP contribution in [0.15, 0.2) is 53.6 Å². The molecule has 182 valence electrons. The summed E-state index contributed by atoms with van der Waals surface area (Å²) >= 11 is 0. The normalized spacial score (nSPS) is 17.7. The number of sulfonamides is 1. The zero-order chi connectivity index (χ0) is 24.3. The molecule has 1 fully saturated rings. The van der Waals surface area contributed by atoms with Gasteiger partial charge in [0.25, 0.3) is 5.91 Å². The third-order valence-corrected chi connectivity index (χ3v) is 8.51. The van der Waals surface area contributed by atoms with Crippen LogP contribution in [-0.2, 0) is 14.8 Å². The van der Waals surface area contributed by atoms with Crippen LogP contribution in [0.25, 0.3) is 5.57 Å². The van der Waals surface area contributed by atoms with Crippen LogP contribution < -0.4 is 0 Å². The Morgan fingerprint density at radius 2 is 1.79 bits per heavy atom. The Morgan fingerprint density at radius 1 is 1.09 bits per heavy atom. The maximum absolute atomic E-state index is 13.0. The van der Waals surface area contributed by atoms with Crippen LogP contribution >= 0.6 is 0 Å². The summed E-state index contributed by atoms with van der Waals surface area (Å²) < 4.78 is 27.1. The molecule has 34 heavy (non-hydrogen) atoms. The molecule has 0 bridgehead atoms. The molecule has 1 aromatic carbocycles. The van der Waals surface area contributed by atoms with Gasteiger partial charge in [0.2, 0.25) is 15.9 Å². The van der Waals surface area contributed by atoms with Gasteiger partial charge < -0.3 is 14.8 Å². The Balaban J connectivity index is 1.36. The number of hydrogen-bond acceptors (Lipinski definition) is 4. The summed E-state index contributed by atoms with van der Waals surface area (Å²) in [5, 5.41) is 0. The first-order valence-corrected chi connectivity index (χ1v) is 13.2. The van der Waals surface area contributed by atoms with Crippen molar-refractivity contribution >= 4 is 27.4 Å². The van der Waals surface area contributed by atoms with E-state index >= 15 is 0 Å². The van der Waals surface area contributed by atoms with E-state index in [1.165, 1.54) is 24.9 Å². The topological polar surface area (TPSA) is 93.8 Å². The number of carbonyl (C=O) groups excluding carboxylic acids is 2. The fourth-order valence-corrected chi connectivity index (χ4v) is 5.51. The lowest BCUT2D eigenvalue weighted by Gasteiger charge is -2.29. The van der Waals surface area contributed by atoms with Crippen LogP contribution in [0, 0.1) is 5.92 Å². The van der Waals surface area contributed by atoms with Crippen molar-refractivity contribution in [2.75, 3.05) is 39.8 Å². The van der Waals surface area contributed by atoms with E-state index in [-0.39, 0.29) is 28.9 Å². The lowest BCUT2D eigenvalue weighted by Crippen LogP contribution is -2.42. The lowest BCUT2D eigenvalue weighted by molar-refractivity contribution is -0.130. The first-order chi connectivity index (χ1) is 16.3. The number of H-pyrrole nitrogens is 1. The molecule has 2 aromatic rings. The molecule has 1 aromatic heterocycles. The minimum absolute atomic E-state index is 0.0126. The predicted molar refractivity (Wildman–Crippen MR) is 131 cm³/mol. The zero-order valence-corrected chi connectivity index (χ0v) is 20.6. The summed E-state index contributed by atoms with van der Waals surface area (Å²) in [7, 11) is -2.52. The third-order valence-electron chi connectivity index (χ3n) is 6.73. The number of nitrogens with zero attached hydrogens (tertiary/aromatic N) is 3. The second kappa shape index (κ2) is 10.1. The quantitative estimate of drug-likeness (QED) is 0.682. The molecule has 8 nitrogen and oxygen atoms in total. The molecule has 0 spiro atoms. The summed E-state index contributed by atoms with van der Waals surface area (Å²) in [5.41, 5.74) is 2.59. The first kappa shape index (κ1) is 24.2. The number of carbonyl (C=O) groups is 2. The van der Waals surface area contributed by atoms with Gasteiger partial charge in [-0.3, -0.25) is 9.59 Å². The highest BCUT2D eigenvalue weighted by Gasteiger charge is 2.29. The molecule has 0 atom stereocenters. The molecule has 2 aliphatic heterocycles. The number of aromatic amines is 1. The summed E-state index contributed by atoms with van der Waals surface area (Å²) in [6.45, 7) is 4.26. The van der Waals surface area contributed by atoms with Gasteiger partial charge in [0.15, 0.2) is 0 Å². The molecule has 1 N–H and O–H groups in total. The average molecular weight is 485 g/mol. The van der Waals surface area contributed by atoms with Crippen LogP contribution in [0.3, 0.4) is 0 Å². The number of likely N-dealkylation sites (N-methyl/N-ethyl adjacent to an activating group) is 1. The number of aromatic nitrogens is 1. The Bertz CT molecular complexity index is 1160. The fourth-order valence-electron chi connectivity index (χ4n) is 4.39. The molecule has 2 aliphatic rings. The van der Waals surface area contributed by atoms with Crippen molar-refractivity contribution in [3.63, 3.8) is 0 Å². The van der Waals surface area contributed by atoms with E-state index < -0.39 is 10.0 Å². The van der Waals surface area contributed by atoms with Crippen molar-refractivity contribution in [3.05, 3.63) is 59.9 Å². The number of piperidine rings is 1. The molecule has 4 rings (SSSR count). The maximum atomic E-state index is 13.0. The van der Waals surface area contributed by atoms with Crippen LogP contribution in [-0.4, -0.2) is 79.1 Å². The third kappa shape index (κ3) is 5.26.